The van der Waals surface area contributed by atoms with E-state index in [-0.39, 0.29) is 10.8 Å². The fraction of sp³-hybridized carbons (Fsp3) is 0.160. The van der Waals surface area contributed by atoms with Gasteiger partial charge in [-0.25, -0.2) is 0 Å². The summed E-state index contributed by atoms with van der Waals surface area (Å²) in [6.07, 6.45) is 0. The number of aromatic nitrogens is 2. The molecule has 5 heterocycles. The molecule has 0 amide bonds. The van der Waals surface area contributed by atoms with Gasteiger partial charge in [0.2, 0.25) is 0 Å². The monoisotopic (exact) mass is 698 g/mol. The number of thiophene rings is 1. The molecule has 0 N–H and O–H groups in total. The molecule has 0 radical (unpaired) electrons. The number of benzene rings is 7. The van der Waals surface area contributed by atoms with Gasteiger partial charge in [-0.05, 0) is 69.5 Å². The van der Waals surface area contributed by atoms with E-state index in [2.05, 4.69) is 172 Å². The van der Waals surface area contributed by atoms with Crippen molar-refractivity contribution < 1.29 is 0 Å². The molecule has 0 aliphatic rings. The van der Waals surface area contributed by atoms with E-state index in [1.807, 2.05) is 11.3 Å². The molecule has 2 nitrogen and oxygen atoms in total. The summed E-state index contributed by atoms with van der Waals surface area (Å²) >= 11 is 1.91. The molecule has 12 rings (SSSR count). The Labute approximate surface area is 311 Å². The van der Waals surface area contributed by atoms with Crippen LogP contribution in [0.1, 0.15) is 52.7 Å². The van der Waals surface area contributed by atoms with Gasteiger partial charge in [0.05, 0.1) is 33.1 Å². The third-order valence-corrected chi connectivity index (χ3v) is 13.4. The van der Waals surface area contributed by atoms with E-state index in [9.17, 15) is 0 Å². The molecule has 53 heavy (non-hydrogen) atoms. The van der Waals surface area contributed by atoms with Crippen LogP contribution in [0.4, 0.5) is 0 Å². The van der Waals surface area contributed by atoms with Gasteiger partial charge < -0.3 is 8.80 Å². The van der Waals surface area contributed by atoms with Gasteiger partial charge in [0.15, 0.2) is 0 Å². The average Bonchev–Trinajstić information content (AvgIpc) is 3.94. The molecule has 0 aliphatic heterocycles. The summed E-state index contributed by atoms with van der Waals surface area (Å²) in [6.45, 7) is 14.0. The molecule has 0 atom stereocenters. The van der Waals surface area contributed by atoms with Crippen molar-refractivity contribution in [1.82, 2.24) is 8.80 Å². The predicted molar refractivity (Wildman–Crippen MR) is 231 cm³/mol. The van der Waals surface area contributed by atoms with Gasteiger partial charge in [-0.2, -0.15) is 0 Å². The molecule has 0 bridgehead atoms. The van der Waals surface area contributed by atoms with Crippen LogP contribution in [0.5, 0.6) is 0 Å². The zero-order valence-electron chi connectivity index (χ0n) is 30.8. The molecule has 254 valence electrons. The zero-order chi connectivity index (χ0) is 35.7. The number of fused-ring (bicyclic) bond motifs is 16. The Hall–Kier alpha value is -5.64. The first kappa shape index (κ1) is 29.9. The summed E-state index contributed by atoms with van der Waals surface area (Å²) in [5, 5.41) is 13.4. The van der Waals surface area contributed by atoms with Crippen molar-refractivity contribution >= 4 is 108 Å². The largest absolute Gasteiger partial charge is 0.308 e. The minimum absolute atomic E-state index is 0.0202. The molecule has 0 saturated carbocycles. The minimum atomic E-state index is 0.0202. The third kappa shape index (κ3) is 3.73. The number of hydrogen-bond donors (Lipinski definition) is 0. The second-order valence-corrected chi connectivity index (χ2v) is 18.5. The van der Waals surface area contributed by atoms with E-state index in [4.69, 9.17) is 0 Å². The van der Waals surface area contributed by atoms with Crippen LogP contribution in [0, 0.1) is 0 Å². The first-order chi connectivity index (χ1) is 25.6. The fourth-order valence-electron chi connectivity index (χ4n) is 9.67. The maximum Gasteiger partial charge on any atom is 0.0627 e. The fourth-order valence-corrected chi connectivity index (χ4v) is 10.8. The van der Waals surface area contributed by atoms with Gasteiger partial charge in [0.1, 0.15) is 0 Å². The molecule has 5 aromatic heterocycles. The Bertz CT molecular complexity index is 3480. The van der Waals surface area contributed by atoms with Crippen LogP contribution in [0.3, 0.4) is 0 Å². The topological polar surface area (TPSA) is 8.82 Å². The molecule has 12 aromatic rings. The van der Waals surface area contributed by atoms with E-state index < -0.39 is 0 Å². The summed E-state index contributed by atoms with van der Waals surface area (Å²) < 4.78 is 7.83. The normalized spacial score (nSPS) is 13.5. The molecule has 0 saturated heterocycles. The number of para-hydroxylation sites is 2. The number of hydrogen-bond acceptors (Lipinski definition) is 1. The van der Waals surface area contributed by atoms with Crippen molar-refractivity contribution in [2.75, 3.05) is 0 Å². The highest BCUT2D eigenvalue weighted by molar-refractivity contribution is 7.26. The Kier molecular flexibility index (Phi) is 5.45. The van der Waals surface area contributed by atoms with Crippen molar-refractivity contribution in [3.05, 3.63) is 132 Å². The average molecular weight is 699 g/mol. The van der Waals surface area contributed by atoms with Crippen molar-refractivity contribution in [2.45, 2.75) is 52.4 Å². The quantitative estimate of drug-likeness (QED) is 0.161. The maximum atomic E-state index is 2.61. The van der Waals surface area contributed by atoms with Gasteiger partial charge in [0, 0.05) is 63.3 Å². The first-order valence-corrected chi connectivity index (χ1v) is 19.7. The van der Waals surface area contributed by atoms with E-state index in [1.165, 1.54) is 119 Å². The Balaban J connectivity index is 1.32. The second-order valence-electron chi connectivity index (χ2n) is 17.4. The van der Waals surface area contributed by atoms with Gasteiger partial charge >= 0.3 is 0 Å². The highest BCUT2D eigenvalue weighted by Crippen LogP contribution is 2.50. The smallest absolute Gasteiger partial charge is 0.0627 e. The zero-order valence-corrected chi connectivity index (χ0v) is 31.7. The molecule has 0 spiro atoms. The van der Waals surface area contributed by atoms with Crippen LogP contribution in [-0.4, -0.2) is 8.80 Å². The van der Waals surface area contributed by atoms with Crippen LogP contribution in [0.2, 0.25) is 0 Å². The summed E-state index contributed by atoms with van der Waals surface area (Å²) in [5.41, 5.74) is 13.2. The van der Waals surface area contributed by atoms with Crippen LogP contribution >= 0.6 is 11.3 Å². The summed E-state index contributed by atoms with van der Waals surface area (Å²) in [5.74, 6) is 0. The molecule has 0 aliphatic carbocycles. The Morgan fingerprint density at radius 3 is 1.81 bits per heavy atom. The lowest BCUT2D eigenvalue weighted by Crippen LogP contribution is -2.16. The molecule has 0 fully saturated rings. The van der Waals surface area contributed by atoms with Gasteiger partial charge in [0.25, 0.3) is 0 Å². The summed E-state index contributed by atoms with van der Waals surface area (Å²) in [4.78, 5) is 0. The van der Waals surface area contributed by atoms with E-state index in [1.54, 1.807) is 0 Å². The maximum absolute atomic E-state index is 2.61. The molecule has 0 unspecified atom stereocenters. The number of nitrogens with zero attached hydrogens (tertiary/aromatic N) is 2. The van der Waals surface area contributed by atoms with Crippen molar-refractivity contribution in [2.24, 2.45) is 0 Å². The molecule has 3 heteroatoms. The molecular weight excluding hydrogens is 661 g/mol. The lowest BCUT2D eigenvalue weighted by Gasteiger charge is -2.26. The van der Waals surface area contributed by atoms with Crippen molar-refractivity contribution in [3.8, 4) is 11.1 Å². The van der Waals surface area contributed by atoms with Crippen LogP contribution in [-0.2, 0) is 10.8 Å². The van der Waals surface area contributed by atoms with Crippen LogP contribution in [0.15, 0.2) is 121 Å². The lowest BCUT2D eigenvalue weighted by molar-refractivity contribution is 0.569. The van der Waals surface area contributed by atoms with Crippen molar-refractivity contribution in [1.29, 1.82) is 0 Å². The van der Waals surface area contributed by atoms with E-state index >= 15 is 0 Å². The predicted octanol–water partition coefficient (Wildman–Crippen LogP) is 14.6. The first-order valence-electron chi connectivity index (χ1n) is 18.9. The standard InChI is InChI=1S/C50H38N2S/c1-49(2,3)28-22-27(23-29(24-28)50(4,5)6)30-18-19-35-45-39(20-21-43-46(45)34-13-8-10-17-42(34)53-43)52-41-25-36-33-15-11-14-32-31-12-7-9-16-38(31)51(47(32)33)40(36)26-37(41)44(30)48(35)52/h7-26H,1-6H3. The van der Waals surface area contributed by atoms with E-state index in [0.717, 1.165) is 0 Å². The highest BCUT2D eigenvalue weighted by atomic mass is 32.1. The number of rotatable bonds is 1. The lowest BCUT2D eigenvalue weighted by atomic mass is 9.78. The highest BCUT2D eigenvalue weighted by Gasteiger charge is 2.27. The van der Waals surface area contributed by atoms with Crippen molar-refractivity contribution in [3.63, 3.8) is 0 Å². The third-order valence-electron chi connectivity index (χ3n) is 12.3. The van der Waals surface area contributed by atoms with Gasteiger partial charge in [-0.15, -0.1) is 11.3 Å². The molecule has 7 aromatic carbocycles. The van der Waals surface area contributed by atoms with Crippen LogP contribution in [0.25, 0.3) is 107 Å². The Morgan fingerprint density at radius 2 is 1.04 bits per heavy atom. The van der Waals surface area contributed by atoms with Gasteiger partial charge in [-0.3, -0.25) is 0 Å². The Morgan fingerprint density at radius 1 is 0.396 bits per heavy atom. The molecular formula is C50H38N2S. The van der Waals surface area contributed by atoms with Gasteiger partial charge in [-0.1, -0.05) is 126 Å². The summed E-state index contributed by atoms with van der Waals surface area (Å²) in [6, 6.07) is 46.7. The minimum Gasteiger partial charge on any atom is -0.308 e. The summed E-state index contributed by atoms with van der Waals surface area (Å²) in [7, 11) is 0. The van der Waals surface area contributed by atoms with Crippen LogP contribution < -0.4 is 0 Å². The second kappa shape index (κ2) is 9.66. The van der Waals surface area contributed by atoms with E-state index in [0.29, 0.717) is 0 Å². The SMILES string of the molecule is CC(C)(C)c1cc(-c2ccc3c4c5c(ccc4n4c6cc7c8cccc9c%10ccccc%10n(c7cc6c2c34)c98)sc2ccccc25)cc(C(C)(C)C)c1.